The van der Waals surface area contributed by atoms with Crippen molar-refractivity contribution in [2.24, 2.45) is 5.73 Å². The second-order valence-electron chi connectivity index (χ2n) is 5.43. The van der Waals surface area contributed by atoms with E-state index in [1.807, 2.05) is 31.2 Å². The summed E-state index contributed by atoms with van der Waals surface area (Å²) in [6, 6.07) is 7.59. The molecule has 110 valence electrons. The smallest absolute Gasteiger partial charge is 0.253 e. The molecule has 0 bridgehead atoms. The van der Waals surface area contributed by atoms with E-state index in [-0.39, 0.29) is 12.0 Å². The Balaban J connectivity index is 1.86. The summed E-state index contributed by atoms with van der Waals surface area (Å²) in [6.45, 7) is 2.29. The van der Waals surface area contributed by atoms with Crippen LogP contribution in [0.15, 0.2) is 24.3 Å². The summed E-state index contributed by atoms with van der Waals surface area (Å²) in [5.41, 5.74) is 7.37. The highest BCUT2D eigenvalue weighted by atomic mass is 16.5. The van der Waals surface area contributed by atoms with Gasteiger partial charge < -0.3 is 15.8 Å². The molecule has 2 rings (SSSR count). The lowest BCUT2D eigenvalue weighted by Gasteiger charge is -2.25. The molecule has 20 heavy (non-hydrogen) atoms. The number of benzene rings is 1. The van der Waals surface area contributed by atoms with Crippen LogP contribution in [0.1, 0.15) is 44.6 Å². The molecule has 1 aromatic carbocycles. The first-order valence-electron chi connectivity index (χ1n) is 7.44. The van der Waals surface area contributed by atoms with Crippen molar-refractivity contribution in [2.75, 3.05) is 5.32 Å². The highest BCUT2D eigenvalue weighted by Crippen LogP contribution is 2.21. The number of carbonyl (C=O) groups excluding carboxylic acids is 1. The van der Waals surface area contributed by atoms with E-state index in [4.69, 9.17) is 10.5 Å². The second kappa shape index (κ2) is 7.41. The first-order chi connectivity index (χ1) is 9.69. The quantitative estimate of drug-likeness (QED) is 0.869. The Bertz CT molecular complexity index is 442. The van der Waals surface area contributed by atoms with Crippen LogP contribution < -0.4 is 11.1 Å². The van der Waals surface area contributed by atoms with Gasteiger partial charge in [-0.25, -0.2) is 0 Å². The molecule has 0 radical (unpaired) electrons. The number of hydrogen-bond donors (Lipinski definition) is 2. The van der Waals surface area contributed by atoms with Crippen LogP contribution >= 0.6 is 0 Å². The number of rotatable bonds is 5. The lowest BCUT2D eigenvalue weighted by Crippen LogP contribution is -2.32. The molecule has 1 atom stereocenters. The summed E-state index contributed by atoms with van der Waals surface area (Å²) >= 11 is 0. The maximum atomic E-state index is 12.1. The first-order valence-corrected chi connectivity index (χ1v) is 7.44. The molecule has 3 N–H and O–H groups in total. The van der Waals surface area contributed by atoms with Crippen molar-refractivity contribution in [1.29, 1.82) is 0 Å². The van der Waals surface area contributed by atoms with Gasteiger partial charge in [-0.15, -0.1) is 0 Å². The summed E-state index contributed by atoms with van der Waals surface area (Å²) in [5, 5.41) is 2.89. The van der Waals surface area contributed by atoms with E-state index in [2.05, 4.69) is 5.32 Å². The average Bonchev–Trinajstić information content (AvgIpc) is 2.48. The third kappa shape index (κ3) is 4.32. The molecule has 1 amide bonds. The Labute approximate surface area is 120 Å². The SMILES string of the molecule is CC(OC1CCCCC1)C(=O)Nc1cccc(CN)c1. The lowest BCUT2D eigenvalue weighted by atomic mass is 9.97. The molecule has 1 aliphatic rings. The van der Waals surface area contributed by atoms with Crippen molar-refractivity contribution in [3.8, 4) is 0 Å². The van der Waals surface area contributed by atoms with E-state index in [0.29, 0.717) is 6.54 Å². The lowest BCUT2D eigenvalue weighted by molar-refractivity contribution is -0.131. The minimum Gasteiger partial charge on any atom is -0.365 e. The highest BCUT2D eigenvalue weighted by molar-refractivity contribution is 5.93. The largest absolute Gasteiger partial charge is 0.365 e. The average molecular weight is 276 g/mol. The maximum Gasteiger partial charge on any atom is 0.253 e. The number of carbonyl (C=O) groups is 1. The van der Waals surface area contributed by atoms with Gasteiger partial charge in [-0.2, -0.15) is 0 Å². The summed E-state index contributed by atoms with van der Waals surface area (Å²) in [5.74, 6) is -0.0928. The van der Waals surface area contributed by atoms with Gasteiger partial charge in [0, 0.05) is 12.2 Å². The van der Waals surface area contributed by atoms with Gasteiger partial charge in [-0.1, -0.05) is 31.4 Å². The molecule has 0 saturated heterocycles. The van der Waals surface area contributed by atoms with E-state index >= 15 is 0 Å². The Morgan fingerprint density at radius 2 is 2.15 bits per heavy atom. The van der Waals surface area contributed by atoms with E-state index in [9.17, 15) is 4.79 Å². The van der Waals surface area contributed by atoms with Crippen LogP contribution in [-0.2, 0) is 16.1 Å². The number of ether oxygens (including phenoxy) is 1. The normalized spacial score (nSPS) is 17.7. The van der Waals surface area contributed by atoms with Crippen LogP contribution in [0.4, 0.5) is 5.69 Å². The number of amides is 1. The fourth-order valence-electron chi connectivity index (χ4n) is 2.57. The topological polar surface area (TPSA) is 64.3 Å². The van der Waals surface area contributed by atoms with Crippen molar-refractivity contribution in [1.82, 2.24) is 0 Å². The molecule has 1 aliphatic carbocycles. The zero-order chi connectivity index (χ0) is 14.4. The molecule has 1 aromatic rings. The predicted octanol–water partition coefficient (Wildman–Crippen LogP) is 2.82. The Morgan fingerprint density at radius 1 is 1.40 bits per heavy atom. The Hall–Kier alpha value is -1.39. The van der Waals surface area contributed by atoms with Gasteiger partial charge >= 0.3 is 0 Å². The van der Waals surface area contributed by atoms with Gasteiger partial charge in [-0.3, -0.25) is 4.79 Å². The number of anilines is 1. The molecule has 1 fully saturated rings. The van der Waals surface area contributed by atoms with Gasteiger partial charge in [0.05, 0.1) is 6.10 Å². The van der Waals surface area contributed by atoms with Crippen molar-refractivity contribution in [3.05, 3.63) is 29.8 Å². The third-order valence-corrected chi connectivity index (χ3v) is 3.75. The predicted molar refractivity (Wildman–Crippen MR) is 80.4 cm³/mol. The highest BCUT2D eigenvalue weighted by Gasteiger charge is 2.21. The van der Waals surface area contributed by atoms with Gasteiger partial charge in [-0.05, 0) is 37.5 Å². The molecule has 0 aliphatic heterocycles. The van der Waals surface area contributed by atoms with Crippen LogP contribution in [0.25, 0.3) is 0 Å². The van der Waals surface area contributed by atoms with Crippen molar-refractivity contribution >= 4 is 11.6 Å². The summed E-state index contributed by atoms with van der Waals surface area (Å²) in [6.07, 6.45) is 5.65. The number of hydrogen-bond acceptors (Lipinski definition) is 3. The number of nitrogens with one attached hydrogen (secondary N) is 1. The van der Waals surface area contributed by atoms with E-state index in [0.717, 1.165) is 24.1 Å². The molecule has 4 heteroatoms. The minimum atomic E-state index is -0.417. The molecule has 1 unspecified atom stereocenters. The summed E-state index contributed by atoms with van der Waals surface area (Å²) < 4.78 is 5.85. The number of nitrogens with two attached hydrogens (primary N) is 1. The van der Waals surface area contributed by atoms with Crippen LogP contribution in [0.2, 0.25) is 0 Å². The van der Waals surface area contributed by atoms with Gasteiger partial charge in [0.25, 0.3) is 5.91 Å². The summed E-state index contributed by atoms with van der Waals surface area (Å²) in [4.78, 5) is 12.1. The van der Waals surface area contributed by atoms with Crippen LogP contribution in [-0.4, -0.2) is 18.1 Å². The maximum absolute atomic E-state index is 12.1. The zero-order valence-corrected chi connectivity index (χ0v) is 12.1. The fraction of sp³-hybridized carbons (Fsp3) is 0.562. The van der Waals surface area contributed by atoms with Gasteiger partial charge in [0.15, 0.2) is 0 Å². The third-order valence-electron chi connectivity index (χ3n) is 3.75. The molecule has 4 nitrogen and oxygen atoms in total. The summed E-state index contributed by atoms with van der Waals surface area (Å²) in [7, 11) is 0. The Morgan fingerprint density at radius 3 is 2.85 bits per heavy atom. The molecule has 0 spiro atoms. The fourth-order valence-corrected chi connectivity index (χ4v) is 2.57. The molecule has 0 heterocycles. The van der Waals surface area contributed by atoms with Gasteiger partial charge in [0.2, 0.25) is 0 Å². The molecule has 1 saturated carbocycles. The van der Waals surface area contributed by atoms with Crippen molar-refractivity contribution < 1.29 is 9.53 Å². The second-order valence-corrected chi connectivity index (χ2v) is 5.43. The van der Waals surface area contributed by atoms with Crippen molar-refractivity contribution in [3.63, 3.8) is 0 Å². The van der Waals surface area contributed by atoms with E-state index in [1.54, 1.807) is 0 Å². The van der Waals surface area contributed by atoms with Crippen LogP contribution in [0.5, 0.6) is 0 Å². The monoisotopic (exact) mass is 276 g/mol. The standard InChI is InChI=1S/C16H24N2O2/c1-12(20-15-8-3-2-4-9-15)16(19)18-14-7-5-6-13(10-14)11-17/h5-7,10,12,15H,2-4,8-9,11,17H2,1H3,(H,18,19). The van der Waals surface area contributed by atoms with Crippen LogP contribution in [0.3, 0.4) is 0 Å². The Kier molecular flexibility index (Phi) is 5.56. The van der Waals surface area contributed by atoms with Gasteiger partial charge in [0.1, 0.15) is 6.10 Å². The van der Waals surface area contributed by atoms with Crippen molar-refractivity contribution in [2.45, 2.75) is 57.8 Å². The van der Waals surface area contributed by atoms with E-state index < -0.39 is 6.10 Å². The van der Waals surface area contributed by atoms with E-state index in [1.165, 1.54) is 19.3 Å². The zero-order valence-electron chi connectivity index (χ0n) is 12.1. The van der Waals surface area contributed by atoms with Crippen LogP contribution in [0, 0.1) is 0 Å². The minimum absolute atomic E-state index is 0.0928. The molecular formula is C16H24N2O2. The first kappa shape index (κ1) is 15.0. The molecular weight excluding hydrogens is 252 g/mol. The molecule has 0 aromatic heterocycles.